The van der Waals surface area contributed by atoms with Gasteiger partial charge < -0.3 is 0 Å². The Morgan fingerprint density at radius 3 is 2.06 bits per heavy atom. The summed E-state index contributed by atoms with van der Waals surface area (Å²) in [6.07, 6.45) is 0. The molecule has 1 aromatic carbocycles. The Kier molecular flexibility index (Phi) is 2.43. The zero-order valence-corrected chi connectivity index (χ0v) is 11.7. The standard InChI is InChI=1S/C11H13IO4/c1-5-6(2)8(4)10-9(7(5)3)11(13)16-12(10,14)15/h1-4H3,(H,14,15). The van der Waals surface area contributed by atoms with Crippen molar-refractivity contribution in [2.24, 2.45) is 0 Å². The van der Waals surface area contributed by atoms with E-state index < -0.39 is 25.2 Å². The predicted octanol–water partition coefficient (Wildman–Crippen LogP) is 2.47. The molecule has 1 aliphatic heterocycles. The van der Waals surface area contributed by atoms with Crippen molar-refractivity contribution in [3.63, 3.8) is 0 Å². The van der Waals surface area contributed by atoms with E-state index in [-0.39, 0.29) is 3.57 Å². The summed E-state index contributed by atoms with van der Waals surface area (Å²) in [6.45, 7) is 7.33. The summed E-state index contributed by atoms with van der Waals surface area (Å²) < 4.78 is 26.5. The molecule has 0 aromatic heterocycles. The monoisotopic (exact) mass is 336 g/mol. The average Bonchev–Trinajstić information content (AvgIpc) is 2.42. The van der Waals surface area contributed by atoms with Gasteiger partial charge in [0.1, 0.15) is 0 Å². The van der Waals surface area contributed by atoms with Crippen LogP contribution >= 0.6 is 19.3 Å². The van der Waals surface area contributed by atoms with Gasteiger partial charge in [0.05, 0.1) is 0 Å². The number of fused-ring (bicyclic) bond motifs is 1. The van der Waals surface area contributed by atoms with Gasteiger partial charge in [0.15, 0.2) is 0 Å². The van der Waals surface area contributed by atoms with Gasteiger partial charge in [-0.25, -0.2) is 0 Å². The van der Waals surface area contributed by atoms with E-state index in [9.17, 15) is 11.3 Å². The molecule has 0 radical (unpaired) electrons. The molecule has 1 N–H and O–H groups in total. The fraction of sp³-hybridized carbons (Fsp3) is 0.364. The van der Waals surface area contributed by atoms with Crippen molar-refractivity contribution in [3.05, 3.63) is 31.4 Å². The van der Waals surface area contributed by atoms with Crippen molar-refractivity contribution in [1.29, 1.82) is 0 Å². The average molecular weight is 336 g/mol. The summed E-state index contributed by atoms with van der Waals surface area (Å²) in [5, 5.41) is 0. The third kappa shape index (κ3) is 1.34. The van der Waals surface area contributed by atoms with Gasteiger partial charge >= 0.3 is 98.7 Å². The molecule has 1 aromatic rings. The van der Waals surface area contributed by atoms with E-state index in [2.05, 4.69) is 3.07 Å². The number of carbonyl (C=O) groups is 1. The van der Waals surface area contributed by atoms with Gasteiger partial charge in [-0.3, -0.25) is 0 Å². The van der Waals surface area contributed by atoms with Crippen LogP contribution in [0.15, 0.2) is 0 Å². The quantitative estimate of drug-likeness (QED) is 0.740. The first-order chi connectivity index (χ1) is 7.27. The molecule has 0 fully saturated rings. The van der Waals surface area contributed by atoms with Crippen molar-refractivity contribution in [2.45, 2.75) is 27.7 Å². The van der Waals surface area contributed by atoms with Crippen LogP contribution in [-0.4, -0.2) is 9.41 Å². The molecule has 88 valence electrons. The van der Waals surface area contributed by atoms with Crippen LogP contribution in [0.2, 0.25) is 0 Å². The molecule has 5 heteroatoms. The molecular weight excluding hydrogens is 323 g/mol. The third-order valence-electron chi connectivity index (χ3n) is 3.23. The Labute approximate surface area is 98.6 Å². The summed E-state index contributed by atoms with van der Waals surface area (Å²) in [7, 11) is 0. The first kappa shape index (κ1) is 11.7. The van der Waals surface area contributed by atoms with E-state index >= 15 is 0 Å². The molecule has 0 amide bonds. The van der Waals surface area contributed by atoms with Gasteiger partial charge in [-0.2, -0.15) is 0 Å². The van der Waals surface area contributed by atoms with Crippen LogP contribution in [0.1, 0.15) is 32.6 Å². The topological polar surface area (TPSA) is 63.6 Å². The number of hydrogen-bond acceptors (Lipinski definition) is 3. The van der Waals surface area contributed by atoms with Crippen LogP contribution < -0.4 is 0 Å². The van der Waals surface area contributed by atoms with E-state index in [0.717, 1.165) is 16.7 Å². The minimum absolute atomic E-state index is 0.248. The Morgan fingerprint density at radius 2 is 1.50 bits per heavy atom. The molecular formula is C11H13IO4. The fourth-order valence-electron chi connectivity index (χ4n) is 1.98. The van der Waals surface area contributed by atoms with E-state index in [1.807, 2.05) is 13.8 Å². The molecule has 1 aliphatic rings. The van der Waals surface area contributed by atoms with Crippen molar-refractivity contribution in [1.82, 2.24) is 0 Å². The van der Waals surface area contributed by atoms with Gasteiger partial charge in [0.2, 0.25) is 0 Å². The molecule has 4 nitrogen and oxygen atoms in total. The SMILES string of the molecule is Cc1c(C)c(C)c2c(c1C)C(=O)OI2(=O)O. The second-order valence-corrected chi connectivity index (χ2v) is 8.02. The van der Waals surface area contributed by atoms with E-state index in [1.54, 1.807) is 13.8 Å². The van der Waals surface area contributed by atoms with Gasteiger partial charge in [-0.15, -0.1) is 0 Å². The van der Waals surface area contributed by atoms with E-state index in [4.69, 9.17) is 0 Å². The zero-order chi connectivity index (χ0) is 12.2. The van der Waals surface area contributed by atoms with E-state index in [0.29, 0.717) is 11.1 Å². The first-order valence-electron chi connectivity index (χ1n) is 4.82. The molecule has 2 rings (SSSR count). The summed E-state index contributed by atoms with van der Waals surface area (Å²) in [5.41, 5.74) is 3.69. The van der Waals surface area contributed by atoms with Gasteiger partial charge in [-0.1, -0.05) is 0 Å². The van der Waals surface area contributed by atoms with Crippen molar-refractivity contribution in [3.8, 4) is 0 Å². The summed E-state index contributed by atoms with van der Waals surface area (Å²) in [4.78, 5) is 11.6. The molecule has 16 heavy (non-hydrogen) atoms. The maximum absolute atomic E-state index is 11.9. The zero-order valence-electron chi connectivity index (χ0n) is 9.55. The number of hydrogen-bond donors (Lipinski definition) is 1. The minimum atomic E-state index is -4.70. The Hall–Kier alpha value is -0.820. The second kappa shape index (κ2) is 3.33. The Balaban J connectivity index is 2.97. The molecule has 0 bridgehead atoms. The number of carbonyl (C=O) groups excluding carboxylic acids is 1. The number of halogens is 1. The van der Waals surface area contributed by atoms with Crippen LogP contribution in [0.4, 0.5) is 0 Å². The van der Waals surface area contributed by atoms with Gasteiger partial charge in [-0.05, 0) is 0 Å². The van der Waals surface area contributed by atoms with E-state index in [1.165, 1.54) is 0 Å². The van der Waals surface area contributed by atoms with Crippen molar-refractivity contribution < 1.29 is 14.4 Å². The van der Waals surface area contributed by atoms with Crippen LogP contribution in [0.3, 0.4) is 0 Å². The summed E-state index contributed by atoms with van der Waals surface area (Å²) in [5.74, 6) is -0.660. The predicted molar refractivity (Wildman–Crippen MR) is 66.4 cm³/mol. The molecule has 0 aliphatic carbocycles. The number of rotatable bonds is 0. The summed E-state index contributed by atoms with van der Waals surface area (Å²) >= 11 is -4.70. The van der Waals surface area contributed by atoms with Crippen molar-refractivity contribution >= 4 is 25.2 Å². The molecule has 1 heterocycles. The fourth-order valence-corrected chi connectivity index (χ4v) is 5.70. The molecule has 0 saturated heterocycles. The number of benzene rings is 1. The van der Waals surface area contributed by atoms with Crippen molar-refractivity contribution in [2.75, 3.05) is 0 Å². The summed E-state index contributed by atoms with van der Waals surface area (Å²) in [6, 6.07) is 0. The molecule has 0 spiro atoms. The van der Waals surface area contributed by atoms with Gasteiger partial charge in [0.25, 0.3) is 0 Å². The van der Waals surface area contributed by atoms with Crippen LogP contribution in [0.25, 0.3) is 0 Å². The first-order valence-corrected chi connectivity index (χ1v) is 8.63. The molecule has 1 unspecified atom stereocenters. The molecule has 1 atom stereocenters. The van der Waals surface area contributed by atoms with Crippen LogP contribution in [0.5, 0.6) is 0 Å². The van der Waals surface area contributed by atoms with Crippen LogP contribution in [0, 0.1) is 31.3 Å². The normalized spacial score (nSPS) is 27.2. The maximum atomic E-state index is 11.9. The second-order valence-electron chi connectivity index (χ2n) is 3.99. The van der Waals surface area contributed by atoms with Crippen LogP contribution in [-0.2, 0) is 6.14 Å². The molecule has 0 saturated carbocycles. The Bertz CT molecular complexity index is 560. The van der Waals surface area contributed by atoms with Gasteiger partial charge in [0, 0.05) is 0 Å². The third-order valence-corrected chi connectivity index (χ3v) is 6.94. The Morgan fingerprint density at radius 1 is 1.00 bits per heavy atom.